The topological polar surface area (TPSA) is 70.8 Å². The maximum Gasteiger partial charge on any atom is 0.309 e. The van der Waals surface area contributed by atoms with E-state index in [-0.39, 0.29) is 25.0 Å². The van der Waals surface area contributed by atoms with Gasteiger partial charge in [0, 0.05) is 11.6 Å². The zero-order chi connectivity index (χ0) is 15.2. The van der Waals surface area contributed by atoms with E-state index in [1.807, 2.05) is 19.1 Å². The van der Waals surface area contributed by atoms with E-state index < -0.39 is 0 Å². The van der Waals surface area contributed by atoms with Gasteiger partial charge in [-0.3, -0.25) is 4.79 Å². The molecule has 21 heavy (non-hydrogen) atoms. The van der Waals surface area contributed by atoms with Crippen molar-refractivity contribution in [2.45, 2.75) is 39.2 Å². The molecule has 0 aliphatic heterocycles. The van der Waals surface area contributed by atoms with Crippen molar-refractivity contribution in [2.75, 3.05) is 19.8 Å². The Kier molecular flexibility index (Phi) is 5.44. The third-order valence-corrected chi connectivity index (χ3v) is 3.43. The minimum atomic E-state index is -0.251. The lowest BCUT2D eigenvalue weighted by Crippen LogP contribution is -2.19. The van der Waals surface area contributed by atoms with E-state index in [1.165, 1.54) is 5.56 Å². The molecule has 5 heteroatoms. The van der Waals surface area contributed by atoms with Crippen LogP contribution in [0.3, 0.4) is 0 Å². The Morgan fingerprint density at radius 2 is 2.05 bits per heavy atom. The normalized spacial score (nSPS) is 16.4. The number of carbonyl (C=O) groups excluding carboxylic acids is 1. The van der Waals surface area contributed by atoms with Crippen molar-refractivity contribution in [1.29, 1.82) is 0 Å². The van der Waals surface area contributed by atoms with Crippen molar-refractivity contribution in [3.05, 3.63) is 23.3 Å². The highest BCUT2D eigenvalue weighted by atomic mass is 16.5. The van der Waals surface area contributed by atoms with Crippen molar-refractivity contribution in [3.8, 4) is 11.5 Å². The molecule has 0 heterocycles. The average Bonchev–Trinajstić information content (AvgIpc) is 2.82. The van der Waals surface area contributed by atoms with Gasteiger partial charge < -0.3 is 19.9 Å². The van der Waals surface area contributed by atoms with Crippen LogP contribution < -0.4 is 15.2 Å². The summed E-state index contributed by atoms with van der Waals surface area (Å²) in [6, 6.07) is 4.08. The number of nitrogens with two attached hydrogens (primary N) is 1. The molecule has 116 valence electrons. The highest BCUT2D eigenvalue weighted by molar-refractivity contribution is 5.69. The molecule has 0 radical (unpaired) electrons. The Morgan fingerprint density at radius 1 is 1.24 bits per heavy atom. The van der Waals surface area contributed by atoms with Crippen LogP contribution in [-0.4, -0.2) is 31.8 Å². The minimum Gasteiger partial charge on any atom is -0.490 e. The molecule has 1 aromatic rings. The average molecular weight is 293 g/mol. The molecule has 1 aliphatic rings. The summed E-state index contributed by atoms with van der Waals surface area (Å²) in [5.41, 5.74) is 8.38. The highest BCUT2D eigenvalue weighted by Crippen LogP contribution is 2.38. The maximum atomic E-state index is 11.3. The van der Waals surface area contributed by atoms with Crippen LogP contribution in [0.25, 0.3) is 0 Å². The molecule has 0 bridgehead atoms. The standard InChI is InChI=1S/C16H23NO4/c1-3-19-15(18)7-8-21-14-6-5-11-9-12(17)10-13(11)16(14)20-4-2/h5-6,12H,3-4,7-10,17H2,1-2H3. The molecule has 0 spiro atoms. The lowest BCUT2D eigenvalue weighted by Gasteiger charge is -2.15. The number of esters is 1. The maximum absolute atomic E-state index is 11.3. The molecule has 1 unspecified atom stereocenters. The van der Waals surface area contributed by atoms with Gasteiger partial charge in [0.25, 0.3) is 0 Å². The van der Waals surface area contributed by atoms with Crippen molar-refractivity contribution >= 4 is 5.97 Å². The Balaban J connectivity index is 2.06. The molecule has 2 N–H and O–H groups in total. The smallest absolute Gasteiger partial charge is 0.309 e. The Morgan fingerprint density at radius 3 is 2.76 bits per heavy atom. The van der Waals surface area contributed by atoms with Gasteiger partial charge in [-0.2, -0.15) is 0 Å². The fourth-order valence-corrected chi connectivity index (χ4v) is 2.57. The summed E-state index contributed by atoms with van der Waals surface area (Å²) in [5.74, 6) is 1.19. The number of rotatable bonds is 7. The lowest BCUT2D eigenvalue weighted by atomic mass is 10.1. The molecule has 0 aromatic heterocycles. The molecule has 0 saturated carbocycles. The molecule has 1 aliphatic carbocycles. The summed E-state index contributed by atoms with van der Waals surface area (Å²) in [6.45, 7) is 4.97. The first-order valence-electron chi connectivity index (χ1n) is 7.47. The van der Waals surface area contributed by atoms with Gasteiger partial charge in [0.2, 0.25) is 0 Å². The Hall–Kier alpha value is -1.75. The van der Waals surface area contributed by atoms with Gasteiger partial charge in [0.05, 0.1) is 26.2 Å². The highest BCUT2D eigenvalue weighted by Gasteiger charge is 2.24. The van der Waals surface area contributed by atoms with Crippen LogP contribution in [0.15, 0.2) is 12.1 Å². The van der Waals surface area contributed by atoms with E-state index in [0.717, 1.165) is 24.2 Å². The van der Waals surface area contributed by atoms with Crippen molar-refractivity contribution in [3.63, 3.8) is 0 Å². The van der Waals surface area contributed by atoms with Crippen LogP contribution in [0.2, 0.25) is 0 Å². The van der Waals surface area contributed by atoms with Gasteiger partial charge in [-0.05, 0) is 38.3 Å². The first-order chi connectivity index (χ1) is 10.2. The first kappa shape index (κ1) is 15.6. The second-order valence-electron chi connectivity index (χ2n) is 5.04. The zero-order valence-electron chi connectivity index (χ0n) is 12.7. The van der Waals surface area contributed by atoms with Crippen molar-refractivity contribution < 1.29 is 19.0 Å². The van der Waals surface area contributed by atoms with Crippen molar-refractivity contribution in [2.24, 2.45) is 5.73 Å². The quantitative estimate of drug-likeness (QED) is 0.777. The van der Waals surface area contributed by atoms with Gasteiger partial charge in [0.15, 0.2) is 11.5 Å². The molecule has 0 amide bonds. The van der Waals surface area contributed by atoms with E-state index in [9.17, 15) is 4.79 Å². The molecule has 5 nitrogen and oxygen atoms in total. The summed E-state index contributed by atoms with van der Waals surface area (Å²) in [5, 5.41) is 0. The monoisotopic (exact) mass is 293 g/mol. The number of carbonyl (C=O) groups is 1. The van der Waals surface area contributed by atoms with Crippen molar-refractivity contribution in [1.82, 2.24) is 0 Å². The van der Waals surface area contributed by atoms with Gasteiger partial charge in [-0.15, -0.1) is 0 Å². The number of benzene rings is 1. The van der Waals surface area contributed by atoms with Gasteiger partial charge in [-0.1, -0.05) is 6.07 Å². The third-order valence-electron chi connectivity index (χ3n) is 3.43. The van der Waals surface area contributed by atoms with E-state index in [1.54, 1.807) is 6.92 Å². The molecule has 0 fully saturated rings. The first-order valence-corrected chi connectivity index (χ1v) is 7.47. The van der Waals surface area contributed by atoms with Gasteiger partial charge in [-0.25, -0.2) is 0 Å². The molecular weight excluding hydrogens is 270 g/mol. The van der Waals surface area contributed by atoms with Crippen LogP contribution in [-0.2, 0) is 22.4 Å². The third kappa shape index (κ3) is 3.88. The van der Waals surface area contributed by atoms with Crippen LogP contribution in [0, 0.1) is 0 Å². The molecule has 0 saturated heterocycles. The minimum absolute atomic E-state index is 0.147. The predicted molar refractivity (Wildman–Crippen MR) is 79.7 cm³/mol. The Bertz CT molecular complexity index is 501. The number of hydrogen-bond acceptors (Lipinski definition) is 5. The van der Waals surface area contributed by atoms with Gasteiger partial charge >= 0.3 is 5.97 Å². The Labute approximate surface area is 125 Å². The summed E-state index contributed by atoms with van der Waals surface area (Å²) in [6.07, 6.45) is 1.91. The van der Waals surface area contributed by atoms with E-state index in [4.69, 9.17) is 19.9 Å². The summed E-state index contributed by atoms with van der Waals surface area (Å²) >= 11 is 0. The van der Waals surface area contributed by atoms with Crippen LogP contribution >= 0.6 is 0 Å². The van der Waals surface area contributed by atoms with Crippen LogP contribution in [0.1, 0.15) is 31.4 Å². The fraction of sp³-hybridized carbons (Fsp3) is 0.562. The second kappa shape index (κ2) is 7.31. The fourth-order valence-electron chi connectivity index (χ4n) is 2.57. The van der Waals surface area contributed by atoms with E-state index in [0.29, 0.717) is 19.0 Å². The largest absolute Gasteiger partial charge is 0.490 e. The number of fused-ring (bicyclic) bond motifs is 1. The SMILES string of the molecule is CCOC(=O)CCOc1ccc2c(c1OCC)CC(N)C2. The summed E-state index contributed by atoms with van der Waals surface area (Å²) < 4.78 is 16.3. The molecule has 2 rings (SSSR count). The second-order valence-corrected chi connectivity index (χ2v) is 5.04. The van der Waals surface area contributed by atoms with E-state index in [2.05, 4.69) is 0 Å². The van der Waals surface area contributed by atoms with Crippen LogP contribution in [0.4, 0.5) is 0 Å². The summed E-state index contributed by atoms with van der Waals surface area (Å²) in [4.78, 5) is 11.3. The molecule has 1 atom stereocenters. The molecular formula is C16H23NO4. The van der Waals surface area contributed by atoms with Crippen LogP contribution in [0.5, 0.6) is 11.5 Å². The number of hydrogen-bond donors (Lipinski definition) is 1. The number of ether oxygens (including phenoxy) is 3. The van der Waals surface area contributed by atoms with Gasteiger partial charge in [0.1, 0.15) is 0 Å². The predicted octanol–water partition coefficient (Wildman–Crippen LogP) is 1.84. The lowest BCUT2D eigenvalue weighted by molar-refractivity contribution is -0.143. The summed E-state index contributed by atoms with van der Waals surface area (Å²) in [7, 11) is 0. The zero-order valence-corrected chi connectivity index (χ0v) is 12.7. The molecule has 1 aromatic carbocycles. The van der Waals surface area contributed by atoms with E-state index >= 15 is 0 Å².